The van der Waals surface area contributed by atoms with Crippen molar-refractivity contribution in [2.45, 2.75) is 6.92 Å². The molecule has 0 saturated heterocycles. The number of aromatic nitrogens is 11. The Morgan fingerprint density at radius 3 is 1.57 bits per heavy atom. The van der Waals surface area contributed by atoms with Crippen LogP contribution in [-0.2, 0) is 4.74 Å². The summed E-state index contributed by atoms with van der Waals surface area (Å²) in [5.74, 6) is -0.895. The maximum Gasteiger partial charge on any atom is 0.358 e. The van der Waals surface area contributed by atoms with E-state index in [2.05, 4.69) is 40.1 Å². The summed E-state index contributed by atoms with van der Waals surface area (Å²) in [6, 6.07) is 10.6. The Morgan fingerprint density at radius 1 is 0.660 bits per heavy atom. The molecule has 0 bridgehead atoms. The number of aromatic carboxylic acids is 2. The fourth-order valence-electron chi connectivity index (χ4n) is 4.95. The summed E-state index contributed by atoms with van der Waals surface area (Å²) in [7, 11) is 0. The van der Waals surface area contributed by atoms with E-state index in [-0.39, 0.29) is 17.1 Å². The van der Waals surface area contributed by atoms with Crippen molar-refractivity contribution < 1.29 is 38.2 Å². The van der Waals surface area contributed by atoms with Crippen LogP contribution in [0.5, 0.6) is 0 Å². The van der Waals surface area contributed by atoms with E-state index in [1.165, 1.54) is 31.2 Å². The fourth-order valence-corrected chi connectivity index (χ4v) is 4.95. The van der Waals surface area contributed by atoms with Gasteiger partial charge in [-0.3, -0.25) is 5.10 Å². The van der Waals surface area contributed by atoms with Crippen LogP contribution >= 0.6 is 0 Å². The molecule has 0 radical (unpaired) electrons. The van der Waals surface area contributed by atoms with Gasteiger partial charge >= 0.3 is 17.9 Å². The molecule has 0 aromatic carbocycles. The standard InChI is InChI=1S/C13H11N3O3.C11H7N3O3.C10H7N5O2/c1-2-18-13(17)10-8-16-7-9(3-4-11(16)15-10)12-14-5-6-19-12;15-11(16)8-6-14-5-7(1-2-9(14)13-8)10-12-3-4-17-10;16-10(17)7-4-15-3-6(1-2-8(15)13-7)9-11-5-12-14-9/h3-8H,2H2,1H3;1-6H,(H,15,16);1-5H,(H,16,17)(H,11,12,14). The number of fused-ring (bicyclic) bond motifs is 3. The zero-order valence-corrected chi connectivity index (χ0v) is 27.3. The smallest absolute Gasteiger partial charge is 0.358 e. The third-order valence-corrected chi connectivity index (χ3v) is 7.32. The van der Waals surface area contributed by atoms with Crippen LogP contribution in [0.2, 0.25) is 0 Å². The van der Waals surface area contributed by atoms with Gasteiger partial charge in [0.05, 0.1) is 30.1 Å². The van der Waals surface area contributed by atoms with Crippen LogP contribution < -0.4 is 0 Å². The second-order valence-corrected chi connectivity index (χ2v) is 10.8. The van der Waals surface area contributed by atoms with Crippen LogP contribution in [0.1, 0.15) is 38.4 Å². The van der Waals surface area contributed by atoms with E-state index < -0.39 is 17.9 Å². The van der Waals surface area contributed by atoms with Crippen molar-refractivity contribution >= 4 is 34.8 Å². The molecular weight excluding hydrogens is 690 g/mol. The fraction of sp³-hybridized carbons (Fsp3) is 0.0588. The Hall–Kier alpha value is -7.96. The van der Waals surface area contributed by atoms with Crippen LogP contribution in [0.3, 0.4) is 0 Å². The molecule has 0 spiro atoms. The van der Waals surface area contributed by atoms with Crippen molar-refractivity contribution in [2.24, 2.45) is 0 Å². The molecule has 0 atom stereocenters. The highest BCUT2D eigenvalue weighted by Gasteiger charge is 2.14. The summed E-state index contributed by atoms with van der Waals surface area (Å²) in [6.07, 6.45) is 17.3. The normalized spacial score (nSPS) is 10.8. The number of hydrogen-bond acceptors (Lipinski definition) is 13. The number of H-pyrrole nitrogens is 1. The molecule has 0 saturated carbocycles. The van der Waals surface area contributed by atoms with Gasteiger partial charge in [0, 0.05) is 42.7 Å². The molecule has 0 aliphatic heterocycles. The Bertz CT molecular complexity index is 2550. The Balaban J connectivity index is 0.000000123. The van der Waals surface area contributed by atoms with Gasteiger partial charge in [0.2, 0.25) is 11.8 Å². The number of carbonyl (C=O) groups excluding carboxylic acids is 1. The highest BCUT2D eigenvalue weighted by molar-refractivity contribution is 5.88. The maximum absolute atomic E-state index is 11.6. The van der Waals surface area contributed by atoms with Gasteiger partial charge in [-0.25, -0.2) is 44.3 Å². The second-order valence-electron chi connectivity index (χ2n) is 10.8. The molecule has 0 aliphatic carbocycles. The number of nitrogens with zero attached hydrogens (tertiary/aromatic N) is 10. The summed E-state index contributed by atoms with van der Waals surface area (Å²) in [5, 5.41) is 24.2. The predicted octanol–water partition coefficient (Wildman–Crippen LogP) is 4.67. The first-order chi connectivity index (χ1) is 25.7. The summed E-state index contributed by atoms with van der Waals surface area (Å²) in [6.45, 7) is 2.09. The third kappa shape index (κ3) is 7.33. The zero-order valence-electron chi connectivity index (χ0n) is 27.3. The highest BCUT2D eigenvalue weighted by Crippen LogP contribution is 2.20. The molecule has 264 valence electrons. The van der Waals surface area contributed by atoms with E-state index >= 15 is 0 Å². The van der Waals surface area contributed by atoms with Crippen molar-refractivity contribution in [1.82, 2.24) is 53.3 Å². The van der Waals surface area contributed by atoms with E-state index in [1.54, 1.807) is 87.6 Å². The first-order valence-corrected chi connectivity index (χ1v) is 15.5. The summed E-state index contributed by atoms with van der Waals surface area (Å²) in [4.78, 5) is 57.4. The Kier molecular flexibility index (Phi) is 9.17. The van der Waals surface area contributed by atoms with Gasteiger partial charge < -0.3 is 37.0 Å². The SMILES string of the molecule is CCOC(=O)c1cn2cc(-c3ncco3)ccc2n1.O=C(O)c1cn2cc(-c3ncco3)ccc2n1.O=C(O)c1cn2cc(-c3ncn[nH]3)ccc2n1. The number of nitrogens with one attached hydrogen (secondary N) is 1. The molecule has 19 nitrogen and oxygen atoms in total. The van der Waals surface area contributed by atoms with E-state index in [4.69, 9.17) is 23.8 Å². The van der Waals surface area contributed by atoms with Crippen LogP contribution in [0.25, 0.3) is 51.2 Å². The first kappa shape index (κ1) is 33.5. The maximum atomic E-state index is 11.6. The highest BCUT2D eigenvalue weighted by atomic mass is 16.5. The third-order valence-electron chi connectivity index (χ3n) is 7.32. The summed E-state index contributed by atoms with van der Waals surface area (Å²) >= 11 is 0. The predicted molar refractivity (Wildman–Crippen MR) is 182 cm³/mol. The number of oxazole rings is 2. The number of carboxylic acid groups (broad SMARTS) is 2. The van der Waals surface area contributed by atoms with Gasteiger partial charge in [-0.15, -0.1) is 0 Å². The van der Waals surface area contributed by atoms with Crippen LogP contribution in [-0.4, -0.2) is 88.0 Å². The zero-order chi connectivity index (χ0) is 36.9. The van der Waals surface area contributed by atoms with Crippen molar-refractivity contribution in [2.75, 3.05) is 6.61 Å². The molecule has 3 N–H and O–H groups in total. The van der Waals surface area contributed by atoms with Crippen molar-refractivity contribution in [1.29, 1.82) is 0 Å². The number of esters is 1. The number of rotatable bonds is 7. The Labute approximate surface area is 295 Å². The number of ether oxygens (including phenoxy) is 1. The Morgan fingerprint density at radius 2 is 1.13 bits per heavy atom. The topological polar surface area (TPSA) is 246 Å². The molecule has 9 aromatic heterocycles. The average Bonchev–Trinajstić information content (AvgIpc) is 4.02. The van der Waals surface area contributed by atoms with Crippen molar-refractivity contribution in [3.05, 3.63) is 122 Å². The van der Waals surface area contributed by atoms with Gasteiger partial charge in [-0.05, 0) is 43.3 Å². The number of pyridine rings is 3. The molecule has 0 fully saturated rings. The molecule has 9 rings (SSSR count). The molecule has 53 heavy (non-hydrogen) atoms. The van der Waals surface area contributed by atoms with Gasteiger partial charge in [0.25, 0.3) is 0 Å². The van der Waals surface area contributed by atoms with E-state index in [0.717, 1.165) is 16.7 Å². The van der Waals surface area contributed by atoms with Gasteiger partial charge in [0.1, 0.15) is 35.8 Å². The number of aromatic amines is 1. The lowest BCUT2D eigenvalue weighted by Gasteiger charge is -1.97. The lowest BCUT2D eigenvalue weighted by atomic mass is 10.3. The summed E-state index contributed by atoms with van der Waals surface area (Å²) in [5.41, 5.74) is 4.49. The number of carboxylic acids is 2. The van der Waals surface area contributed by atoms with Crippen LogP contribution in [0.15, 0.2) is 114 Å². The number of carbonyl (C=O) groups is 3. The lowest BCUT2D eigenvalue weighted by molar-refractivity contribution is 0.0519. The monoisotopic (exact) mass is 715 g/mol. The lowest BCUT2D eigenvalue weighted by Crippen LogP contribution is -2.04. The van der Waals surface area contributed by atoms with E-state index in [9.17, 15) is 14.4 Å². The minimum atomic E-state index is -1.05. The second kappa shape index (κ2) is 14.5. The largest absolute Gasteiger partial charge is 0.476 e. The van der Waals surface area contributed by atoms with Gasteiger partial charge in [-0.1, -0.05) is 0 Å². The average molecular weight is 716 g/mol. The minimum Gasteiger partial charge on any atom is -0.476 e. The number of imidazole rings is 3. The van der Waals surface area contributed by atoms with Crippen molar-refractivity contribution in [3.63, 3.8) is 0 Å². The van der Waals surface area contributed by atoms with E-state index in [1.807, 2.05) is 6.07 Å². The number of hydrogen-bond donors (Lipinski definition) is 3. The molecule has 9 heterocycles. The first-order valence-electron chi connectivity index (χ1n) is 15.5. The van der Waals surface area contributed by atoms with Gasteiger partial charge in [-0.2, -0.15) is 5.10 Å². The van der Waals surface area contributed by atoms with E-state index in [0.29, 0.717) is 41.2 Å². The molecular formula is C34H25N11O8. The summed E-state index contributed by atoms with van der Waals surface area (Å²) < 4.78 is 20.3. The molecule has 0 amide bonds. The molecule has 0 unspecified atom stereocenters. The molecule has 9 aromatic rings. The van der Waals surface area contributed by atoms with Crippen LogP contribution in [0, 0.1) is 0 Å². The quantitative estimate of drug-likeness (QED) is 0.190. The van der Waals surface area contributed by atoms with Crippen molar-refractivity contribution in [3.8, 4) is 34.3 Å². The van der Waals surface area contributed by atoms with Gasteiger partial charge in [0.15, 0.2) is 22.9 Å². The molecule has 19 heteroatoms. The minimum absolute atomic E-state index is 0.00885. The molecule has 0 aliphatic rings. The van der Waals surface area contributed by atoms with Crippen LogP contribution in [0.4, 0.5) is 0 Å².